The summed E-state index contributed by atoms with van der Waals surface area (Å²) < 4.78 is 6.44. The van der Waals surface area contributed by atoms with E-state index in [1.807, 2.05) is 0 Å². The van der Waals surface area contributed by atoms with E-state index in [0.29, 0.717) is 23.7 Å². The molecule has 2 heterocycles. The van der Waals surface area contributed by atoms with Crippen LogP contribution >= 0.6 is 11.6 Å². The minimum Gasteiger partial charge on any atom is -0.337 e. The average Bonchev–Trinajstić information content (AvgIpc) is 2.99. The molecular formula is C17H17ClN4O2. The molecule has 0 saturated heterocycles. The van der Waals surface area contributed by atoms with E-state index in [1.54, 1.807) is 6.92 Å². The van der Waals surface area contributed by atoms with Crippen molar-refractivity contribution in [3.63, 3.8) is 0 Å². The molecule has 0 aliphatic carbocycles. The molecule has 0 spiro atoms. The third-order valence-electron chi connectivity index (χ3n) is 3.68. The van der Waals surface area contributed by atoms with Crippen molar-refractivity contribution in [2.75, 3.05) is 0 Å². The number of nitrogens with zero attached hydrogens (tertiary/aromatic N) is 4. The van der Waals surface area contributed by atoms with E-state index < -0.39 is 0 Å². The zero-order valence-electron chi connectivity index (χ0n) is 13.5. The molecule has 6 nitrogen and oxygen atoms in total. The normalized spacial score (nSPS) is 11.0. The van der Waals surface area contributed by atoms with Crippen LogP contribution in [0.4, 0.5) is 0 Å². The Bertz CT molecular complexity index is 900. The van der Waals surface area contributed by atoms with Crippen molar-refractivity contribution in [2.45, 2.75) is 33.2 Å². The van der Waals surface area contributed by atoms with Gasteiger partial charge in [-0.25, -0.2) is 4.68 Å². The Hall–Kier alpha value is -2.47. The zero-order valence-corrected chi connectivity index (χ0v) is 14.2. The maximum atomic E-state index is 12.0. The van der Waals surface area contributed by atoms with Crippen LogP contribution in [0.2, 0.25) is 5.15 Å². The van der Waals surface area contributed by atoms with Crippen molar-refractivity contribution in [2.24, 2.45) is 0 Å². The van der Waals surface area contributed by atoms with Gasteiger partial charge in [0.1, 0.15) is 11.7 Å². The summed E-state index contributed by atoms with van der Waals surface area (Å²) in [5, 5.41) is 8.19. The number of hydrogen-bond donors (Lipinski definition) is 0. The Morgan fingerprint density at radius 1 is 1.17 bits per heavy atom. The first-order valence-corrected chi connectivity index (χ1v) is 8.00. The molecule has 7 heteroatoms. The molecule has 0 unspecified atom stereocenters. The second-order valence-electron chi connectivity index (χ2n) is 5.70. The van der Waals surface area contributed by atoms with Crippen molar-refractivity contribution in [3.8, 4) is 0 Å². The SMILES string of the molecule is Cc1ccc(CCc2noc(Cn3nc(Cl)cc(C)c3=O)n2)cc1. The summed E-state index contributed by atoms with van der Waals surface area (Å²) in [4.78, 5) is 16.3. The molecule has 24 heavy (non-hydrogen) atoms. The molecule has 0 aliphatic heterocycles. The van der Waals surface area contributed by atoms with Gasteiger partial charge in [0.25, 0.3) is 5.56 Å². The fourth-order valence-electron chi connectivity index (χ4n) is 2.34. The van der Waals surface area contributed by atoms with Gasteiger partial charge in [0.05, 0.1) is 0 Å². The van der Waals surface area contributed by atoms with E-state index >= 15 is 0 Å². The minimum absolute atomic E-state index is 0.109. The highest BCUT2D eigenvalue weighted by Gasteiger charge is 2.11. The minimum atomic E-state index is -0.223. The summed E-state index contributed by atoms with van der Waals surface area (Å²) in [7, 11) is 0. The molecule has 0 fully saturated rings. The number of benzene rings is 1. The van der Waals surface area contributed by atoms with E-state index in [2.05, 4.69) is 46.4 Å². The second kappa shape index (κ2) is 6.97. The van der Waals surface area contributed by atoms with Gasteiger partial charge in [0.15, 0.2) is 5.82 Å². The topological polar surface area (TPSA) is 73.8 Å². The third-order valence-corrected chi connectivity index (χ3v) is 3.86. The van der Waals surface area contributed by atoms with Gasteiger partial charge < -0.3 is 4.52 Å². The molecule has 0 aliphatic rings. The summed E-state index contributed by atoms with van der Waals surface area (Å²) in [6, 6.07) is 9.87. The molecule has 0 bridgehead atoms. The van der Waals surface area contributed by atoms with Crippen LogP contribution < -0.4 is 5.56 Å². The summed E-state index contributed by atoms with van der Waals surface area (Å²) in [6.07, 6.45) is 1.50. The standard InChI is InChI=1S/C17H17ClN4O2/c1-11-3-5-13(6-4-11)7-8-15-19-16(24-21-15)10-22-17(23)12(2)9-14(18)20-22/h3-6,9H,7-8,10H2,1-2H3. The lowest BCUT2D eigenvalue weighted by atomic mass is 10.1. The highest BCUT2D eigenvalue weighted by molar-refractivity contribution is 6.29. The molecule has 124 valence electrons. The van der Waals surface area contributed by atoms with Gasteiger partial charge in [-0.2, -0.15) is 10.1 Å². The van der Waals surface area contributed by atoms with Crippen LogP contribution in [0.1, 0.15) is 28.4 Å². The predicted molar refractivity (Wildman–Crippen MR) is 90.2 cm³/mol. The van der Waals surface area contributed by atoms with E-state index in [-0.39, 0.29) is 17.3 Å². The van der Waals surface area contributed by atoms with Gasteiger partial charge in [-0.1, -0.05) is 46.6 Å². The van der Waals surface area contributed by atoms with Gasteiger partial charge >= 0.3 is 0 Å². The fraction of sp³-hybridized carbons (Fsp3) is 0.294. The Kier molecular flexibility index (Phi) is 4.76. The Labute approximate surface area is 144 Å². The van der Waals surface area contributed by atoms with Crippen LogP contribution in [0.5, 0.6) is 0 Å². The molecule has 0 N–H and O–H groups in total. The molecule has 3 aromatic rings. The number of aryl methyl sites for hydroxylation is 4. The molecule has 2 aromatic heterocycles. The third kappa shape index (κ3) is 3.89. The van der Waals surface area contributed by atoms with Crippen molar-refractivity contribution in [3.05, 3.63) is 74.2 Å². The lowest BCUT2D eigenvalue weighted by Crippen LogP contribution is -2.25. The molecule has 0 radical (unpaired) electrons. The maximum absolute atomic E-state index is 12.0. The van der Waals surface area contributed by atoms with E-state index in [4.69, 9.17) is 16.1 Å². The van der Waals surface area contributed by atoms with Crippen LogP contribution in [0, 0.1) is 13.8 Å². The maximum Gasteiger partial charge on any atom is 0.270 e. The first-order chi connectivity index (χ1) is 11.5. The monoisotopic (exact) mass is 344 g/mol. The Balaban J connectivity index is 1.67. The summed E-state index contributed by atoms with van der Waals surface area (Å²) in [6.45, 7) is 3.85. The zero-order chi connectivity index (χ0) is 17.1. The van der Waals surface area contributed by atoms with Gasteiger partial charge in [-0.3, -0.25) is 4.79 Å². The van der Waals surface area contributed by atoms with E-state index in [0.717, 1.165) is 6.42 Å². The van der Waals surface area contributed by atoms with Crippen LogP contribution in [-0.2, 0) is 19.4 Å². The van der Waals surface area contributed by atoms with Crippen molar-refractivity contribution < 1.29 is 4.52 Å². The lowest BCUT2D eigenvalue weighted by molar-refractivity contribution is 0.358. The highest BCUT2D eigenvalue weighted by Crippen LogP contribution is 2.08. The Morgan fingerprint density at radius 2 is 1.92 bits per heavy atom. The van der Waals surface area contributed by atoms with Crippen LogP contribution in [-0.4, -0.2) is 19.9 Å². The number of hydrogen-bond acceptors (Lipinski definition) is 5. The Morgan fingerprint density at radius 3 is 2.67 bits per heavy atom. The second-order valence-corrected chi connectivity index (χ2v) is 6.09. The first-order valence-electron chi connectivity index (χ1n) is 7.62. The number of aromatic nitrogens is 4. The molecule has 0 saturated carbocycles. The largest absolute Gasteiger partial charge is 0.337 e. The molecule has 3 rings (SSSR count). The fourth-order valence-corrected chi connectivity index (χ4v) is 2.59. The highest BCUT2D eigenvalue weighted by atomic mass is 35.5. The summed E-state index contributed by atoms with van der Waals surface area (Å²) >= 11 is 5.88. The number of rotatable bonds is 5. The summed E-state index contributed by atoms with van der Waals surface area (Å²) in [5.41, 5.74) is 2.75. The smallest absolute Gasteiger partial charge is 0.270 e. The van der Waals surface area contributed by atoms with Gasteiger partial charge in [0.2, 0.25) is 5.89 Å². The van der Waals surface area contributed by atoms with E-state index in [1.165, 1.54) is 21.9 Å². The van der Waals surface area contributed by atoms with Crippen molar-refractivity contribution >= 4 is 11.6 Å². The molecule has 0 atom stereocenters. The van der Waals surface area contributed by atoms with Gasteiger partial charge in [0, 0.05) is 12.0 Å². The predicted octanol–water partition coefficient (Wildman–Crippen LogP) is 2.73. The van der Waals surface area contributed by atoms with Gasteiger partial charge in [-0.05, 0) is 31.9 Å². The first kappa shape index (κ1) is 16.4. The van der Waals surface area contributed by atoms with Crippen molar-refractivity contribution in [1.82, 2.24) is 19.9 Å². The molecular weight excluding hydrogens is 328 g/mol. The summed E-state index contributed by atoms with van der Waals surface area (Å²) in [5.74, 6) is 0.947. The molecule has 1 aromatic carbocycles. The number of halogens is 1. The average molecular weight is 345 g/mol. The van der Waals surface area contributed by atoms with Crippen LogP contribution in [0.3, 0.4) is 0 Å². The van der Waals surface area contributed by atoms with Crippen molar-refractivity contribution in [1.29, 1.82) is 0 Å². The lowest BCUT2D eigenvalue weighted by Gasteiger charge is -2.02. The quantitative estimate of drug-likeness (QED) is 0.711. The van der Waals surface area contributed by atoms with Crippen LogP contribution in [0.25, 0.3) is 0 Å². The van der Waals surface area contributed by atoms with Crippen LogP contribution in [0.15, 0.2) is 39.6 Å². The molecule has 0 amide bonds. The van der Waals surface area contributed by atoms with E-state index in [9.17, 15) is 4.79 Å². The van der Waals surface area contributed by atoms with Gasteiger partial charge in [-0.15, -0.1) is 0 Å².